The number of nitrogens with zero attached hydrogens (tertiary/aromatic N) is 1. The standard InChI is InChI=1S/C20H18N4OS/c25-20(18-6-3-11-26-18)24-19-8-7-15(13-23-19)21-10-9-14-12-22-17-5-2-1-4-16(14)17/h1-8,11-13,21-22H,9-10H2,(H,23,24,25). The van der Waals surface area contributed by atoms with Gasteiger partial charge in [-0.3, -0.25) is 4.79 Å². The second-order valence-corrected chi connectivity index (χ2v) is 6.85. The molecule has 0 fully saturated rings. The SMILES string of the molecule is O=C(Nc1ccc(NCCc2c[nH]c3ccccc23)cn1)c1cccs1. The lowest BCUT2D eigenvalue weighted by Crippen LogP contribution is -2.11. The zero-order chi connectivity index (χ0) is 17.8. The van der Waals surface area contributed by atoms with Crippen molar-refractivity contribution in [2.75, 3.05) is 17.2 Å². The highest BCUT2D eigenvalue weighted by molar-refractivity contribution is 7.12. The number of hydrogen-bond acceptors (Lipinski definition) is 4. The van der Waals surface area contributed by atoms with Crippen molar-refractivity contribution >= 4 is 39.7 Å². The van der Waals surface area contributed by atoms with Gasteiger partial charge in [-0.2, -0.15) is 0 Å². The van der Waals surface area contributed by atoms with E-state index in [1.807, 2.05) is 23.6 Å². The number of carbonyl (C=O) groups is 1. The van der Waals surface area contributed by atoms with Gasteiger partial charge < -0.3 is 15.6 Å². The molecular weight excluding hydrogens is 344 g/mol. The summed E-state index contributed by atoms with van der Waals surface area (Å²) >= 11 is 1.41. The van der Waals surface area contributed by atoms with Crippen LogP contribution in [0.2, 0.25) is 0 Å². The molecule has 0 aliphatic rings. The molecule has 0 saturated heterocycles. The molecule has 6 heteroatoms. The van der Waals surface area contributed by atoms with Crippen molar-refractivity contribution in [3.63, 3.8) is 0 Å². The normalized spacial score (nSPS) is 10.8. The molecule has 0 radical (unpaired) electrons. The van der Waals surface area contributed by atoms with Crippen molar-refractivity contribution in [1.29, 1.82) is 0 Å². The first kappa shape index (κ1) is 16.4. The van der Waals surface area contributed by atoms with E-state index in [0.717, 1.165) is 24.2 Å². The molecule has 1 aromatic carbocycles. The molecular formula is C20H18N4OS. The third kappa shape index (κ3) is 3.60. The van der Waals surface area contributed by atoms with Gasteiger partial charge in [-0.05, 0) is 41.6 Å². The second-order valence-electron chi connectivity index (χ2n) is 5.90. The minimum absolute atomic E-state index is 0.132. The number of aromatic amines is 1. The van der Waals surface area contributed by atoms with Crippen LogP contribution in [0.1, 0.15) is 15.2 Å². The zero-order valence-corrected chi connectivity index (χ0v) is 14.8. The van der Waals surface area contributed by atoms with Gasteiger partial charge in [0.05, 0.1) is 16.8 Å². The number of H-pyrrole nitrogens is 1. The number of pyridine rings is 1. The Balaban J connectivity index is 1.32. The predicted molar refractivity (Wildman–Crippen MR) is 107 cm³/mol. The lowest BCUT2D eigenvalue weighted by molar-refractivity contribution is 0.103. The van der Waals surface area contributed by atoms with Gasteiger partial charge in [0.25, 0.3) is 5.91 Å². The number of thiophene rings is 1. The van der Waals surface area contributed by atoms with Crippen LogP contribution in [0.3, 0.4) is 0 Å². The fraction of sp³-hybridized carbons (Fsp3) is 0.100. The number of benzene rings is 1. The lowest BCUT2D eigenvalue weighted by Gasteiger charge is -2.07. The smallest absolute Gasteiger partial charge is 0.266 e. The van der Waals surface area contributed by atoms with Gasteiger partial charge in [-0.15, -0.1) is 11.3 Å². The van der Waals surface area contributed by atoms with Gasteiger partial charge in [0.15, 0.2) is 0 Å². The monoisotopic (exact) mass is 362 g/mol. The predicted octanol–water partition coefficient (Wildman–Crippen LogP) is 4.53. The molecule has 4 aromatic rings. The van der Waals surface area contributed by atoms with Gasteiger partial charge >= 0.3 is 0 Å². The first-order valence-electron chi connectivity index (χ1n) is 8.39. The van der Waals surface area contributed by atoms with Crippen molar-refractivity contribution in [2.45, 2.75) is 6.42 Å². The summed E-state index contributed by atoms with van der Waals surface area (Å²) in [5.41, 5.74) is 3.38. The van der Waals surface area contributed by atoms with Crippen LogP contribution in [0.25, 0.3) is 10.9 Å². The van der Waals surface area contributed by atoms with E-state index in [0.29, 0.717) is 10.7 Å². The van der Waals surface area contributed by atoms with E-state index in [9.17, 15) is 4.79 Å². The van der Waals surface area contributed by atoms with Crippen LogP contribution in [0.4, 0.5) is 11.5 Å². The van der Waals surface area contributed by atoms with Gasteiger partial charge in [0.1, 0.15) is 5.82 Å². The summed E-state index contributed by atoms with van der Waals surface area (Å²) < 4.78 is 0. The van der Waals surface area contributed by atoms with Gasteiger partial charge in [0.2, 0.25) is 0 Å². The molecule has 0 unspecified atom stereocenters. The minimum atomic E-state index is -0.132. The third-order valence-electron chi connectivity index (χ3n) is 4.15. The Hall–Kier alpha value is -3.12. The summed E-state index contributed by atoms with van der Waals surface area (Å²) in [4.78, 5) is 20.3. The molecule has 1 amide bonds. The van der Waals surface area contributed by atoms with Crippen molar-refractivity contribution in [3.8, 4) is 0 Å². The molecule has 0 bridgehead atoms. The molecule has 0 atom stereocenters. The van der Waals surface area contributed by atoms with Gasteiger partial charge in [0, 0.05) is 23.6 Å². The van der Waals surface area contributed by atoms with Crippen molar-refractivity contribution < 1.29 is 4.79 Å². The molecule has 3 heterocycles. The maximum absolute atomic E-state index is 12.0. The molecule has 4 rings (SSSR count). The Labute approximate surface area is 155 Å². The number of anilines is 2. The fourth-order valence-electron chi connectivity index (χ4n) is 2.84. The average molecular weight is 362 g/mol. The van der Waals surface area contributed by atoms with Gasteiger partial charge in [-0.1, -0.05) is 24.3 Å². The number of fused-ring (bicyclic) bond motifs is 1. The average Bonchev–Trinajstić information content (AvgIpc) is 3.34. The van der Waals surface area contributed by atoms with Crippen molar-refractivity contribution in [2.24, 2.45) is 0 Å². The lowest BCUT2D eigenvalue weighted by atomic mass is 10.1. The number of hydrogen-bond donors (Lipinski definition) is 3. The molecule has 0 aliphatic carbocycles. The Morgan fingerprint density at radius 1 is 1.12 bits per heavy atom. The number of nitrogens with one attached hydrogen (secondary N) is 3. The highest BCUT2D eigenvalue weighted by atomic mass is 32.1. The van der Waals surface area contributed by atoms with E-state index in [1.54, 1.807) is 18.3 Å². The molecule has 5 nitrogen and oxygen atoms in total. The van der Waals surface area contributed by atoms with Crippen LogP contribution >= 0.6 is 11.3 Å². The van der Waals surface area contributed by atoms with Crippen LogP contribution in [0.15, 0.2) is 66.3 Å². The summed E-state index contributed by atoms with van der Waals surface area (Å²) in [6.45, 7) is 0.810. The summed E-state index contributed by atoms with van der Waals surface area (Å²) in [6, 6.07) is 15.7. The summed E-state index contributed by atoms with van der Waals surface area (Å²) in [5.74, 6) is 0.415. The van der Waals surface area contributed by atoms with Gasteiger partial charge in [-0.25, -0.2) is 4.98 Å². The van der Waals surface area contributed by atoms with E-state index in [4.69, 9.17) is 0 Å². The topological polar surface area (TPSA) is 69.8 Å². The maximum Gasteiger partial charge on any atom is 0.266 e. The fourth-order valence-corrected chi connectivity index (χ4v) is 3.46. The minimum Gasteiger partial charge on any atom is -0.383 e. The molecule has 26 heavy (non-hydrogen) atoms. The highest BCUT2D eigenvalue weighted by Crippen LogP contribution is 2.18. The van der Waals surface area contributed by atoms with E-state index < -0.39 is 0 Å². The number of rotatable bonds is 6. The zero-order valence-electron chi connectivity index (χ0n) is 14.0. The highest BCUT2D eigenvalue weighted by Gasteiger charge is 2.07. The quantitative estimate of drug-likeness (QED) is 0.472. The van der Waals surface area contributed by atoms with E-state index >= 15 is 0 Å². The summed E-state index contributed by atoms with van der Waals surface area (Å²) in [5, 5.41) is 9.31. The number of carbonyl (C=O) groups excluding carboxylic acids is 1. The Kier molecular flexibility index (Phi) is 4.66. The van der Waals surface area contributed by atoms with E-state index in [1.165, 1.54) is 22.3 Å². The van der Waals surface area contributed by atoms with E-state index in [2.05, 4.69) is 45.0 Å². The Bertz CT molecular complexity index is 1010. The maximum atomic E-state index is 12.0. The van der Waals surface area contributed by atoms with Crippen LogP contribution < -0.4 is 10.6 Å². The summed E-state index contributed by atoms with van der Waals surface area (Å²) in [6.07, 6.45) is 4.72. The number of para-hydroxylation sites is 1. The summed E-state index contributed by atoms with van der Waals surface area (Å²) in [7, 11) is 0. The molecule has 0 saturated carbocycles. The van der Waals surface area contributed by atoms with Crippen LogP contribution in [0, 0.1) is 0 Å². The van der Waals surface area contributed by atoms with Crippen LogP contribution in [-0.2, 0) is 6.42 Å². The molecule has 0 spiro atoms. The number of amides is 1. The largest absolute Gasteiger partial charge is 0.383 e. The second kappa shape index (κ2) is 7.41. The molecule has 130 valence electrons. The van der Waals surface area contributed by atoms with Crippen molar-refractivity contribution in [3.05, 3.63) is 76.7 Å². The molecule has 3 aromatic heterocycles. The van der Waals surface area contributed by atoms with Crippen LogP contribution in [-0.4, -0.2) is 22.4 Å². The first-order valence-corrected chi connectivity index (χ1v) is 9.27. The number of aromatic nitrogens is 2. The molecule has 0 aliphatic heterocycles. The Morgan fingerprint density at radius 2 is 2.04 bits per heavy atom. The van der Waals surface area contributed by atoms with Crippen LogP contribution in [0.5, 0.6) is 0 Å². The van der Waals surface area contributed by atoms with E-state index in [-0.39, 0.29) is 5.91 Å². The first-order chi connectivity index (χ1) is 12.8. The third-order valence-corrected chi connectivity index (χ3v) is 5.02. The van der Waals surface area contributed by atoms with Crippen molar-refractivity contribution in [1.82, 2.24) is 9.97 Å². The molecule has 3 N–H and O–H groups in total. The Morgan fingerprint density at radius 3 is 2.85 bits per heavy atom.